The van der Waals surface area contributed by atoms with Crippen LogP contribution in [0.5, 0.6) is 0 Å². The van der Waals surface area contributed by atoms with E-state index in [0.29, 0.717) is 5.92 Å². The number of nitrogens with zero attached hydrogens (tertiary/aromatic N) is 1. The Morgan fingerprint density at radius 2 is 2.19 bits per heavy atom. The molecule has 4 heteroatoms. The van der Waals surface area contributed by atoms with Gasteiger partial charge < -0.3 is 10.8 Å². The van der Waals surface area contributed by atoms with E-state index >= 15 is 0 Å². The van der Waals surface area contributed by atoms with Gasteiger partial charge in [-0.15, -0.1) is 0 Å². The van der Waals surface area contributed by atoms with E-state index in [4.69, 9.17) is 10.8 Å². The zero-order valence-electron chi connectivity index (χ0n) is 10.5. The Bertz CT molecular complexity index is 245. The molecule has 0 aromatic carbocycles. The van der Waals surface area contributed by atoms with Gasteiger partial charge in [0.05, 0.1) is 5.92 Å². The first-order valence-corrected chi connectivity index (χ1v) is 6.19. The van der Waals surface area contributed by atoms with Crippen molar-refractivity contribution in [2.45, 2.75) is 45.7 Å². The van der Waals surface area contributed by atoms with Crippen molar-refractivity contribution in [2.24, 2.45) is 17.6 Å². The second-order valence-corrected chi connectivity index (χ2v) is 4.98. The Hall–Kier alpha value is -0.610. The third-order valence-electron chi connectivity index (χ3n) is 4.04. The van der Waals surface area contributed by atoms with Gasteiger partial charge in [-0.25, -0.2) is 0 Å². The van der Waals surface area contributed by atoms with Crippen molar-refractivity contribution in [3.63, 3.8) is 0 Å². The molecule has 16 heavy (non-hydrogen) atoms. The van der Waals surface area contributed by atoms with Gasteiger partial charge in [0, 0.05) is 18.6 Å². The first-order valence-electron chi connectivity index (χ1n) is 6.19. The molecule has 0 aromatic rings. The van der Waals surface area contributed by atoms with Crippen LogP contribution in [-0.4, -0.2) is 41.1 Å². The van der Waals surface area contributed by atoms with Crippen LogP contribution in [0, 0.1) is 11.8 Å². The van der Waals surface area contributed by atoms with Crippen LogP contribution < -0.4 is 5.73 Å². The maximum absolute atomic E-state index is 10.9. The van der Waals surface area contributed by atoms with Gasteiger partial charge in [-0.1, -0.05) is 20.3 Å². The number of carboxylic acid groups (broad SMARTS) is 1. The lowest BCUT2D eigenvalue weighted by atomic mass is 9.88. The fraction of sp³-hybridized carbons (Fsp3) is 0.917. The summed E-state index contributed by atoms with van der Waals surface area (Å²) in [5.74, 6) is -0.514. The van der Waals surface area contributed by atoms with Crippen LogP contribution in [0.4, 0.5) is 0 Å². The number of nitrogens with two attached hydrogens (primary N) is 1. The molecule has 1 saturated heterocycles. The summed E-state index contributed by atoms with van der Waals surface area (Å²) in [7, 11) is 0. The zero-order valence-corrected chi connectivity index (χ0v) is 10.5. The number of aliphatic carboxylic acids is 1. The standard InChI is InChI=1S/C12H24N2O2/c1-4-10-7-14(6-5-11(10)13)9(3)8(2)12(15)16/h8-11H,4-7,13H2,1-3H3,(H,15,16). The van der Waals surface area contributed by atoms with Gasteiger partial charge in [0.25, 0.3) is 0 Å². The summed E-state index contributed by atoms with van der Waals surface area (Å²) < 4.78 is 0. The molecule has 0 aromatic heterocycles. The zero-order chi connectivity index (χ0) is 12.3. The minimum absolute atomic E-state index is 0.0963. The van der Waals surface area contributed by atoms with E-state index in [0.717, 1.165) is 25.9 Å². The molecule has 3 N–H and O–H groups in total. The molecule has 1 aliphatic rings. The maximum Gasteiger partial charge on any atom is 0.307 e. The molecule has 0 radical (unpaired) electrons. The predicted molar refractivity (Wildman–Crippen MR) is 64.2 cm³/mol. The molecule has 0 spiro atoms. The molecule has 0 amide bonds. The van der Waals surface area contributed by atoms with E-state index in [1.807, 2.05) is 6.92 Å². The number of hydrogen-bond donors (Lipinski definition) is 2. The number of likely N-dealkylation sites (tertiary alicyclic amines) is 1. The summed E-state index contributed by atoms with van der Waals surface area (Å²) in [4.78, 5) is 13.2. The quantitative estimate of drug-likeness (QED) is 0.757. The average molecular weight is 228 g/mol. The molecule has 94 valence electrons. The lowest BCUT2D eigenvalue weighted by Crippen LogP contribution is -2.52. The smallest absolute Gasteiger partial charge is 0.307 e. The first-order chi connectivity index (χ1) is 7.47. The van der Waals surface area contributed by atoms with Crippen LogP contribution >= 0.6 is 0 Å². The minimum atomic E-state index is -0.713. The molecule has 1 heterocycles. The molecule has 1 fully saturated rings. The Morgan fingerprint density at radius 1 is 1.56 bits per heavy atom. The summed E-state index contributed by atoms with van der Waals surface area (Å²) >= 11 is 0. The highest BCUT2D eigenvalue weighted by molar-refractivity contribution is 5.70. The van der Waals surface area contributed by atoms with E-state index in [-0.39, 0.29) is 18.0 Å². The highest BCUT2D eigenvalue weighted by atomic mass is 16.4. The van der Waals surface area contributed by atoms with E-state index in [1.54, 1.807) is 6.92 Å². The molecule has 1 rings (SSSR count). The van der Waals surface area contributed by atoms with Crippen LogP contribution in [0.1, 0.15) is 33.6 Å². The molecule has 0 bridgehead atoms. The molecule has 1 aliphatic heterocycles. The molecule has 4 unspecified atom stereocenters. The topological polar surface area (TPSA) is 66.6 Å². The van der Waals surface area contributed by atoms with E-state index in [9.17, 15) is 4.79 Å². The monoisotopic (exact) mass is 228 g/mol. The van der Waals surface area contributed by atoms with Gasteiger partial charge in [0.1, 0.15) is 0 Å². The fourth-order valence-electron chi connectivity index (χ4n) is 2.40. The van der Waals surface area contributed by atoms with Crippen molar-refractivity contribution in [1.82, 2.24) is 4.90 Å². The van der Waals surface area contributed by atoms with Crippen molar-refractivity contribution in [3.8, 4) is 0 Å². The van der Waals surface area contributed by atoms with Crippen LogP contribution in [0.15, 0.2) is 0 Å². The number of carboxylic acids is 1. The minimum Gasteiger partial charge on any atom is -0.481 e. The normalized spacial score (nSPS) is 31.0. The SMILES string of the molecule is CCC1CN(C(C)C(C)C(=O)O)CCC1N. The van der Waals surface area contributed by atoms with Crippen molar-refractivity contribution >= 4 is 5.97 Å². The second-order valence-electron chi connectivity index (χ2n) is 4.98. The average Bonchev–Trinajstić information content (AvgIpc) is 2.27. The summed E-state index contributed by atoms with van der Waals surface area (Å²) in [6.45, 7) is 7.80. The van der Waals surface area contributed by atoms with E-state index in [2.05, 4.69) is 11.8 Å². The lowest BCUT2D eigenvalue weighted by Gasteiger charge is -2.41. The molecule has 4 nitrogen and oxygen atoms in total. The predicted octanol–water partition coefficient (Wildman–Crippen LogP) is 1.15. The number of rotatable bonds is 4. The second kappa shape index (κ2) is 5.64. The highest BCUT2D eigenvalue weighted by Gasteiger charge is 2.31. The van der Waals surface area contributed by atoms with E-state index < -0.39 is 5.97 Å². The summed E-state index contributed by atoms with van der Waals surface area (Å²) in [6.07, 6.45) is 2.06. The third-order valence-corrected chi connectivity index (χ3v) is 4.04. The van der Waals surface area contributed by atoms with E-state index in [1.165, 1.54) is 0 Å². The third kappa shape index (κ3) is 2.95. The van der Waals surface area contributed by atoms with Crippen molar-refractivity contribution in [1.29, 1.82) is 0 Å². The summed E-state index contributed by atoms with van der Waals surface area (Å²) in [5.41, 5.74) is 6.04. The van der Waals surface area contributed by atoms with Crippen LogP contribution in [0.25, 0.3) is 0 Å². The lowest BCUT2D eigenvalue weighted by molar-refractivity contribution is -0.143. The van der Waals surface area contributed by atoms with Gasteiger partial charge >= 0.3 is 5.97 Å². The molecule has 4 atom stereocenters. The van der Waals surface area contributed by atoms with Gasteiger partial charge in [0.15, 0.2) is 0 Å². The van der Waals surface area contributed by atoms with Crippen molar-refractivity contribution < 1.29 is 9.90 Å². The van der Waals surface area contributed by atoms with Crippen molar-refractivity contribution in [3.05, 3.63) is 0 Å². The van der Waals surface area contributed by atoms with Gasteiger partial charge in [0.2, 0.25) is 0 Å². The summed E-state index contributed by atoms with van der Waals surface area (Å²) in [6, 6.07) is 0.382. The maximum atomic E-state index is 10.9. The number of piperidine rings is 1. The highest BCUT2D eigenvalue weighted by Crippen LogP contribution is 2.22. The van der Waals surface area contributed by atoms with Crippen molar-refractivity contribution in [2.75, 3.05) is 13.1 Å². The van der Waals surface area contributed by atoms with Crippen LogP contribution in [0.2, 0.25) is 0 Å². The Morgan fingerprint density at radius 3 is 2.69 bits per heavy atom. The van der Waals surface area contributed by atoms with Gasteiger partial charge in [-0.3, -0.25) is 9.69 Å². The van der Waals surface area contributed by atoms with Crippen LogP contribution in [0.3, 0.4) is 0 Å². The first kappa shape index (κ1) is 13.5. The largest absolute Gasteiger partial charge is 0.481 e. The number of carbonyl (C=O) groups is 1. The molecular weight excluding hydrogens is 204 g/mol. The summed E-state index contributed by atoms with van der Waals surface area (Å²) in [5, 5.41) is 9.01. The molecular formula is C12H24N2O2. The molecule has 0 saturated carbocycles. The Balaban J connectivity index is 2.57. The van der Waals surface area contributed by atoms with Gasteiger partial charge in [-0.2, -0.15) is 0 Å². The Kier molecular flexibility index (Phi) is 4.74. The fourth-order valence-corrected chi connectivity index (χ4v) is 2.40. The van der Waals surface area contributed by atoms with Gasteiger partial charge in [-0.05, 0) is 25.8 Å². The van der Waals surface area contributed by atoms with Crippen LogP contribution in [-0.2, 0) is 4.79 Å². The Labute approximate surface area is 97.8 Å². The molecule has 0 aliphatic carbocycles. The number of hydrogen-bond acceptors (Lipinski definition) is 3.